The maximum Gasteiger partial charge on any atom is 0.233 e. The number of hydrogen-bond donors (Lipinski definition) is 1. The van der Waals surface area contributed by atoms with Crippen LogP contribution in [0, 0.1) is 11.3 Å². The summed E-state index contributed by atoms with van der Waals surface area (Å²) in [6, 6.07) is 9.57. The zero-order valence-corrected chi connectivity index (χ0v) is 14.0. The first-order valence-corrected chi connectivity index (χ1v) is 8.10. The van der Waals surface area contributed by atoms with E-state index in [0.29, 0.717) is 37.0 Å². The number of nitriles is 1. The van der Waals surface area contributed by atoms with Crippen molar-refractivity contribution in [3.8, 4) is 11.9 Å². The van der Waals surface area contributed by atoms with Crippen molar-refractivity contribution in [1.29, 1.82) is 5.26 Å². The summed E-state index contributed by atoms with van der Waals surface area (Å²) in [5, 5.41) is 12.7. The van der Waals surface area contributed by atoms with Gasteiger partial charge in [0.1, 0.15) is 11.6 Å². The average molecular weight is 340 g/mol. The molecule has 130 valence electrons. The molecule has 2 atom stereocenters. The minimum absolute atomic E-state index is 0.0403. The molecule has 1 aliphatic rings. The Kier molecular flexibility index (Phi) is 5.77. The minimum Gasteiger partial charge on any atom is -0.480 e. The summed E-state index contributed by atoms with van der Waals surface area (Å²) in [4.78, 5) is 8.34. The molecule has 1 N–H and O–H groups in total. The predicted octanol–water partition coefficient (Wildman–Crippen LogP) is 2.14. The monoisotopic (exact) mass is 340 g/mol. The van der Waals surface area contributed by atoms with E-state index in [-0.39, 0.29) is 12.1 Å². The van der Waals surface area contributed by atoms with Gasteiger partial charge in [0.2, 0.25) is 5.88 Å². The van der Waals surface area contributed by atoms with Crippen LogP contribution in [0.5, 0.6) is 5.88 Å². The molecule has 0 radical (unpaired) electrons. The van der Waals surface area contributed by atoms with Gasteiger partial charge in [-0.15, -0.1) is 0 Å². The smallest absolute Gasteiger partial charge is 0.233 e. The van der Waals surface area contributed by atoms with E-state index in [1.54, 1.807) is 18.5 Å². The molecule has 0 aromatic carbocycles. The minimum atomic E-state index is -0.0725. The molecule has 0 amide bonds. The van der Waals surface area contributed by atoms with Crippen LogP contribution >= 0.6 is 0 Å². The lowest BCUT2D eigenvalue weighted by molar-refractivity contribution is -0.0486. The number of nitrogens with zero attached hydrogens (tertiary/aromatic N) is 3. The van der Waals surface area contributed by atoms with E-state index in [1.165, 1.54) is 7.11 Å². The molecule has 2 aromatic heterocycles. The summed E-state index contributed by atoms with van der Waals surface area (Å²) in [5.41, 5.74) is 1.92. The van der Waals surface area contributed by atoms with Crippen LogP contribution in [0.1, 0.15) is 17.7 Å². The molecule has 25 heavy (non-hydrogen) atoms. The summed E-state index contributed by atoms with van der Waals surface area (Å²) in [5.74, 6) is 0.301. The van der Waals surface area contributed by atoms with E-state index in [4.69, 9.17) is 14.2 Å². The number of hydrogen-bond acceptors (Lipinski definition) is 7. The fourth-order valence-corrected chi connectivity index (χ4v) is 2.75. The maximum atomic E-state index is 9.40. The number of ether oxygens (including phenoxy) is 3. The summed E-state index contributed by atoms with van der Waals surface area (Å²) in [6.45, 7) is 1.59. The average Bonchev–Trinajstić information content (AvgIpc) is 2.68. The largest absolute Gasteiger partial charge is 0.480 e. The predicted molar refractivity (Wildman–Crippen MR) is 91.2 cm³/mol. The van der Waals surface area contributed by atoms with Crippen molar-refractivity contribution in [1.82, 2.24) is 9.97 Å². The van der Waals surface area contributed by atoms with Gasteiger partial charge >= 0.3 is 0 Å². The lowest BCUT2D eigenvalue weighted by atomic mass is 10.1. The van der Waals surface area contributed by atoms with Gasteiger partial charge in [0.25, 0.3) is 0 Å². The van der Waals surface area contributed by atoms with E-state index in [1.807, 2.05) is 18.2 Å². The molecule has 0 saturated carbocycles. The highest BCUT2D eigenvalue weighted by atomic mass is 16.5. The molecular formula is C18H20N4O3. The molecule has 1 saturated heterocycles. The Morgan fingerprint density at radius 2 is 2.24 bits per heavy atom. The maximum absolute atomic E-state index is 9.40. The van der Waals surface area contributed by atoms with Crippen molar-refractivity contribution in [2.45, 2.75) is 25.2 Å². The lowest BCUT2D eigenvalue weighted by Gasteiger charge is -2.33. The molecule has 2 aromatic rings. The Labute approximate surface area is 146 Å². The van der Waals surface area contributed by atoms with Crippen LogP contribution in [-0.4, -0.2) is 42.4 Å². The Morgan fingerprint density at radius 1 is 1.32 bits per heavy atom. The summed E-state index contributed by atoms with van der Waals surface area (Å²) < 4.78 is 16.8. The SMILES string of the molecule is COc1nccc(N[C@@H]2COCC[C@H]2OCc2ccccn2)c1C#N. The van der Waals surface area contributed by atoms with Crippen molar-refractivity contribution in [3.05, 3.63) is 47.9 Å². The number of rotatable bonds is 6. The number of pyridine rings is 2. The van der Waals surface area contributed by atoms with Crippen LogP contribution in [0.4, 0.5) is 5.69 Å². The van der Waals surface area contributed by atoms with E-state index < -0.39 is 0 Å². The van der Waals surface area contributed by atoms with Crippen LogP contribution in [0.2, 0.25) is 0 Å². The first-order valence-electron chi connectivity index (χ1n) is 8.10. The van der Waals surface area contributed by atoms with Gasteiger partial charge < -0.3 is 19.5 Å². The molecular weight excluding hydrogens is 320 g/mol. The first kappa shape index (κ1) is 17.1. The Hall–Kier alpha value is -2.69. The molecule has 0 unspecified atom stereocenters. The number of aromatic nitrogens is 2. The third-order valence-corrected chi connectivity index (χ3v) is 4.03. The van der Waals surface area contributed by atoms with E-state index >= 15 is 0 Å². The van der Waals surface area contributed by atoms with Crippen molar-refractivity contribution >= 4 is 5.69 Å². The highest BCUT2D eigenvalue weighted by Gasteiger charge is 2.27. The van der Waals surface area contributed by atoms with Crippen molar-refractivity contribution < 1.29 is 14.2 Å². The van der Waals surface area contributed by atoms with Gasteiger partial charge in [-0.2, -0.15) is 5.26 Å². The zero-order chi connectivity index (χ0) is 17.5. The normalized spacial score (nSPS) is 19.8. The Morgan fingerprint density at radius 3 is 3.00 bits per heavy atom. The van der Waals surface area contributed by atoms with Gasteiger partial charge in [-0.25, -0.2) is 4.98 Å². The highest BCUT2D eigenvalue weighted by molar-refractivity contribution is 5.61. The van der Waals surface area contributed by atoms with Gasteiger partial charge in [0, 0.05) is 19.0 Å². The van der Waals surface area contributed by atoms with Gasteiger partial charge in [-0.3, -0.25) is 4.98 Å². The Balaban J connectivity index is 1.70. The molecule has 0 bridgehead atoms. The third-order valence-electron chi connectivity index (χ3n) is 4.03. The van der Waals surface area contributed by atoms with Crippen LogP contribution in [0.15, 0.2) is 36.7 Å². The molecule has 1 aliphatic heterocycles. The standard InChI is InChI=1S/C18H20N4O3/c1-23-18-14(10-19)15(5-8-21-18)22-16-12-24-9-6-17(16)25-11-13-4-2-3-7-20-13/h2-5,7-8,16-17H,6,9,11-12H2,1H3,(H,21,22)/t16-,17-/m1/s1. The fraction of sp³-hybridized carbons (Fsp3) is 0.389. The van der Waals surface area contributed by atoms with Gasteiger partial charge in [-0.1, -0.05) is 6.07 Å². The van der Waals surface area contributed by atoms with Gasteiger partial charge in [0.15, 0.2) is 0 Å². The first-order chi connectivity index (χ1) is 12.3. The number of methoxy groups -OCH3 is 1. The molecule has 3 rings (SSSR count). The Bertz CT molecular complexity index is 733. The summed E-state index contributed by atoms with van der Waals surface area (Å²) in [6.07, 6.45) is 4.09. The van der Waals surface area contributed by atoms with Crippen molar-refractivity contribution in [3.63, 3.8) is 0 Å². The summed E-state index contributed by atoms with van der Waals surface area (Å²) in [7, 11) is 1.50. The van der Waals surface area contributed by atoms with Crippen molar-refractivity contribution in [2.24, 2.45) is 0 Å². The second kappa shape index (κ2) is 8.42. The lowest BCUT2D eigenvalue weighted by Crippen LogP contribution is -2.44. The fourth-order valence-electron chi connectivity index (χ4n) is 2.75. The van der Waals surface area contributed by atoms with E-state index in [0.717, 1.165) is 12.1 Å². The molecule has 7 heteroatoms. The van der Waals surface area contributed by atoms with Gasteiger partial charge in [0.05, 0.1) is 43.9 Å². The van der Waals surface area contributed by atoms with E-state index in [2.05, 4.69) is 21.4 Å². The molecule has 0 aliphatic carbocycles. The van der Waals surface area contributed by atoms with Crippen LogP contribution < -0.4 is 10.1 Å². The van der Waals surface area contributed by atoms with Crippen LogP contribution in [-0.2, 0) is 16.1 Å². The topological polar surface area (TPSA) is 89.3 Å². The molecule has 7 nitrogen and oxygen atoms in total. The second-order valence-corrected chi connectivity index (χ2v) is 5.64. The number of nitrogens with one attached hydrogen (secondary N) is 1. The van der Waals surface area contributed by atoms with Crippen LogP contribution in [0.3, 0.4) is 0 Å². The molecule has 0 spiro atoms. The number of anilines is 1. The second-order valence-electron chi connectivity index (χ2n) is 5.64. The quantitative estimate of drug-likeness (QED) is 0.861. The highest BCUT2D eigenvalue weighted by Crippen LogP contribution is 2.25. The van der Waals surface area contributed by atoms with Crippen molar-refractivity contribution in [2.75, 3.05) is 25.6 Å². The molecule has 3 heterocycles. The van der Waals surface area contributed by atoms with E-state index in [9.17, 15) is 5.26 Å². The zero-order valence-electron chi connectivity index (χ0n) is 14.0. The summed E-state index contributed by atoms with van der Waals surface area (Å²) >= 11 is 0. The van der Waals surface area contributed by atoms with Gasteiger partial charge in [-0.05, 0) is 24.6 Å². The molecule has 1 fully saturated rings. The third kappa shape index (κ3) is 4.24. The van der Waals surface area contributed by atoms with Crippen LogP contribution in [0.25, 0.3) is 0 Å².